The molecule has 1 amide bonds. The minimum Gasteiger partial charge on any atom is -0.462 e. The van der Waals surface area contributed by atoms with Gasteiger partial charge in [-0.1, -0.05) is 0 Å². The van der Waals surface area contributed by atoms with Crippen molar-refractivity contribution >= 4 is 17.8 Å². The number of alkyl halides is 1. The Morgan fingerprint density at radius 1 is 1.36 bits per heavy atom. The summed E-state index contributed by atoms with van der Waals surface area (Å²) < 4.78 is 22.7. The van der Waals surface area contributed by atoms with Gasteiger partial charge in [0.25, 0.3) is 5.91 Å². The minimum atomic E-state index is -2.56. The van der Waals surface area contributed by atoms with Crippen LogP contribution in [-0.4, -0.2) is 94.4 Å². The van der Waals surface area contributed by atoms with Gasteiger partial charge in [-0.3, -0.25) is 9.68 Å². The highest BCUT2D eigenvalue weighted by molar-refractivity contribution is 5.79. The molecule has 0 aromatic heterocycles. The van der Waals surface area contributed by atoms with Gasteiger partial charge in [-0.2, -0.15) is 0 Å². The second-order valence-corrected chi connectivity index (χ2v) is 5.95. The summed E-state index contributed by atoms with van der Waals surface area (Å²) in [5.74, 6) is -5.95. The van der Waals surface area contributed by atoms with E-state index in [9.17, 15) is 34.1 Å². The second kappa shape index (κ2) is 10.6. The Morgan fingerprint density at radius 2 is 2.00 bits per heavy atom. The maximum absolute atomic E-state index is 12.6. The van der Waals surface area contributed by atoms with Crippen LogP contribution >= 0.6 is 0 Å². The van der Waals surface area contributed by atoms with Crippen molar-refractivity contribution < 1.29 is 58.4 Å². The Labute approximate surface area is 159 Å². The first-order valence-electron chi connectivity index (χ1n) is 8.33. The molecule has 0 saturated carbocycles. The average molecular weight is 413 g/mol. The maximum atomic E-state index is 12.6. The average Bonchev–Trinajstić information content (AvgIpc) is 2.66. The van der Waals surface area contributed by atoms with Crippen LogP contribution in [-0.2, 0) is 33.6 Å². The monoisotopic (exact) mass is 413 g/mol. The third-order valence-corrected chi connectivity index (χ3v) is 3.82. The largest absolute Gasteiger partial charge is 0.462 e. The predicted octanol–water partition coefficient (Wildman–Crippen LogP) is -2.94. The van der Waals surface area contributed by atoms with Crippen molar-refractivity contribution in [3.63, 3.8) is 0 Å². The van der Waals surface area contributed by atoms with Crippen molar-refractivity contribution in [1.29, 1.82) is 0 Å². The fourth-order valence-electron chi connectivity index (χ4n) is 2.56. The first kappa shape index (κ1) is 24.1. The Bertz CT molecular complexity index is 562. The summed E-state index contributed by atoms with van der Waals surface area (Å²) in [7, 11) is 0. The van der Waals surface area contributed by atoms with E-state index in [-0.39, 0.29) is 6.61 Å². The van der Waals surface area contributed by atoms with E-state index >= 15 is 0 Å². The Hall–Kier alpha value is -1.90. The number of carbonyl (C=O) groups is 3. The topological polar surface area (TPSA) is 181 Å². The highest BCUT2D eigenvalue weighted by Crippen LogP contribution is 2.34. The van der Waals surface area contributed by atoms with Gasteiger partial charge in [0.2, 0.25) is 0 Å². The first-order valence-corrected chi connectivity index (χ1v) is 8.33. The van der Waals surface area contributed by atoms with Crippen molar-refractivity contribution in [2.24, 2.45) is 0 Å². The molecule has 13 heteroatoms. The number of carbonyl (C=O) groups excluding carboxylic acids is 3. The van der Waals surface area contributed by atoms with Gasteiger partial charge in [0.15, 0.2) is 6.67 Å². The molecule has 0 bridgehead atoms. The van der Waals surface area contributed by atoms with E-state index in [2.05, 4.69) is 4.89 Å². The molecule has 6 atom stereocenters. The number of rotatable bonds is 9. The van der Waals surface area contributed by atoms with Crippen LogP contribution in [0.25, 0.3) is 0 Å². The van der Waals surface area contributed by atoms with E-state index in [1.807, 2.05) is 5.32 Å². The van der Waals surface area contributed by atoms with E-state index in [0.29, 0.717) is 0 Å². The van der Waals surface area contributed by atoms with E-state index < -0.39 is 73.8 Å². The lowest BCUT2D eigenvalue weighted by atomic mass is 9.88. The molecule has 28 heavy (non-hydrogen) atoms. The third-order valence-electron chi connectivity index (χ3n) is 3.82. The zero-order chi connectivity index (χ0) is 21.5. The molecule has 0 aromatic carbocycles. The maximum Gasteiger partial charge on any atom is 0.371 e. The van der Waals surface area contributed by atoms with Gasteiger partial charge in [0.05, 0.1) is 25.4 Å². The van der Waals surface area contributed by atoms with Crippen LogP contribution in [0.1, 0.15) is 20.3 Å². The summed E-state index contributed by atoms with van der Waals surface area (Å²) in [4.78, 5) is 43.9. The molecule has 0 aliphatic carbocycles. The lowest BCUT2D eigenvalue weighted by molar-refractivity contribution is -0.421. The number of esters is 1. The molecule has 1 fully saturated rings. The van der Waals surface area contributed by atoms with E-state index in [1.165, 1.54) is 6.92 Å². The predicted molar refractivity (Wildman–Crippen MR) is 84.7 cm³/mol. The van der Waals surface area contributed by atoms with E-state index in [0.717, 1.165) is 6.92 Å². The number of amides is 1. The number of aliphatic hydroxyl groups is 4. The lowest BCUT2D eigenvalue weighted by Gasteiger charge is -2.45. The molecule has 0 spiro atoms. The molecule has 1 rings (SSSR count). The van der Waals surface area contributed by atoms with Gasteiger partial charge in [0.1, 0.15) is 18.3 Å². The molecule has 5 N–H and O–H groups in total. The van der Waals surface area contributed by atoms with Crippen molar-refractivity contribution in [3.05, 3.63) is 0 Å². The fraction of sp³-hybridized carbons (Fsp3) is 0.800. The molecule has 1 aliphatic heterocycles. The number of aliphatic hydroxyl groups excluding tert-OH is 4. The number of halogens is 1. The molecular formula is C15H24FNO11. The molecule has 12 nitrogen and oxygen atoms in total. The SMILES string of the molecule is CCOC(=O)[C@]1(OOC(C)=O)C[C@H](O)[C@@H](NC(=O)CF)[C@H]([C@H](O)[C@H](O)CO)O1. The van der Waals surface area contributed by atoms with Gasteiger partial charge < -0.3 is 35.2 Å². The van der Waals surface area contributed by atoms with Gasteiger partial charge >= 0.3 is 17.7 Å². The van der Waals surface area contributed by atoms with Crippen LogP contribution < -0.4 is 5.32 Å². The number of hydrogen-bond acceptors (Lipinski definition) is 11. The number of ether oxygens (including phenoxy) is 2. The molecule has 0 aromatic rings. The number of hydrogen-bond donors (Lipinski definition) is 5. The van der Waals surface area contributed by atoms with Crippen LogP contribution in [0.5, 0.6) is 0 Å². The molecule has 1 saturated heterocycles. The van der Waals surface area contributed by atoms with Crippen molar-refractivity contribution in [3.8, 4) is 0 Å². The summed E-state index contributed by atoms with van der Waals surface area (Å²) in [6.07, 6.45) is -8.03. The quantitative estimate of drug-likeness (QED) is 0.148. The third kappa shape index (κ3) is 5.80. The van der Waals surface area contributed by atoms with Crippen molar-refractivity contribution in [1.82, 2.24) is 5.32 Å². The lowest BCUT2D eigenvalue weighted by Crippen LogP contribution is -2.68. The van der Waals surface area contributed by atoms with E-state index in [4.69, 9.17) is 19.5 Å². The van der Waals surface area contributed by atoms with Crippen LogP contribution in [0.2, 0.25) is 0 Å². The number of nitrogens with one attached hydrogen (secondary N) is 1. The van der Waals surface area contributed by atoms with Crippen LogP contribution in [0.4, 0.5) is 4.39 Å². The molecule has 0 radical (unpaired) electrons. The summed E-state index contributed by atoms with van der Waals surface area (Å²) >= 11 is 0. The normalized spacial score (nSPS) is 29.5. The zero-order valence-electron chi connectivity index (χ0n) is 15.2. The van der Waals surface area contributed by atoms with Crippen LogP contribution in [0.3, 0.4) is 0 Å². The van der Waals surface area contributed by atoms with Gasteiger partial charge in [-0.05, 0) is 6.92 Å². The van der Waals surface area contributed by atoms with Gasteiger partial charge in [-0.25, -0.2) is 14.0 Å². The minimum absolute atomic E-state index is 0.155. The smallest absolute Gasteiger partial charge is 0.371 e. The summed E-state index contributed by atoms with van der Waals surface area (Å²) in [5, 5.41) is 41.4. The Balaban J connectivity index is 3.28. The summed E-state index contributed by atoms with van der Waals surface area (Å²) in [5.41, 5.74) is 0. The highest BCUT2D eigenvalue weighted by Gasteiger charge is 2.58. The molecule has 1 heterocycles. The van der Waals surface area contributed by atoms with Crippen LogP contribution in [0, 0.1) is 0 Å². The summed E-state index contributed by atoms with van der Waals surface area (Å²) in [6.45, 7) is -0.162. The zero-order valence-corrected chi connectivity index (χ0v) is 15.2. The highest BCUT2D eigenvalue weighted by atomic mass is 19.1. The molecule has 162 valence electrons. The van der Waals surface area contributed by atoms with Crippen molar-refractivity contribution in [2.75, 3.05) is 19.9 Å². The van der Waals surface area contributed by atoms with Crippen LogP contribution in [0.15, 0.2) is 0 Å². The van der Waals surface area contributed by atoms with Gasteiger partial charge in [-0.15, -0.1) is 4.89 Å². The first-order chi connectivity index (χ1) is 13.1. The van der Waals surface area contributed by atoms with Gasteiger partial charge in [0, 0.05) is 13.3 Å². The van der Waals surface area contributed by atoms with Crippen molar-refractivity contribution in [2.45, 2.75) is 56.5 Å². The Kier molecular flexibility index (Phi) is 9.13. The Morgan fingerprint density at radius 3 is 2.50 bits per heavy atom. The molecule has 1 aliphatic rings. The van der Waals surface area contributed by atoms with E-state index in [1.54, 1.807) is 0 Å². The fourth-order valence-corrected chi connectivity index (χ4v) is 2.56. The summed E-state index contributed by atoms with van der Waals surface area (Å²) in [6, 6.07) is -1.51. The second-order valence-electron chi connectivity index (χ2n) is 5.95. The molecular weight excluding hydrogens is 389 g/mol. The molecule has 0 unspecified atom stereocenters. The standard InChI is InChI=1S/C15H24FNO11/c1-3-25-14(24)15(28-27-7(2)19)4-8(20)11(17-10(22)5-16)13(26-15)12(23)9(21)6-18/h8-9,11-13,18,20-21,23H,3-6H2,1-2H3,(H,17,22)/t8-,9+,11+,12+,13+,15+/m0/s1.